The Labute approximate surface area is 143 Å². The van der Waals surface area contributed by atoms with Gasteiger partial charge in [0.1, 0.15) is 11.4 Å². The van der Waals surface area contributed by atoms with Gasteiger partial charge in [-0.15, -0.1) is 0 Å². The van der Waals surface area contributed by atoms with Gasteiger partial charge >= 0.3 is 0 Å². The second kappa shape index (κ2) is 7.07. The number of anilines is 1. The van der Waals surface area contributed by atoms with Crippen LogP contribution in [0.25, 0.3) is 0 Å². The van der Waals surface area contributed by atoms with Crippen molar-refractivity contribution in [2.75, 3.05) is 11.9 Å². The van der Waals surface area contributed by atoms with Crippen molar-refractivity contribution in [1.82, 2.24) is 15.1 Å². The van der Waals surface area contributed by atoms with Gasteiger partial charge in [-0.2, -0.15) is 5.10 Å². The molecule has 0 saturated carbocycles. The van der Waals surface area contributed by atoms with E-state index < -0.39 is 0 Å². The van der Waals surface area contributed by atoms with E-state index in [1.54, 1.807) is 0 Å². The normalized spacial score (nSPS) is 16.1. The monoisotopic (exact) mass is 326 g/mol. The van der Waals surface area contributed by atoms with Gasteiger partial charge in [-0.25, -0.2) is 4.68 Å². The molecule has 1 aliphatic heterocycles. The second-order valence-electron chi connectivity index (χ2n) is 6.75. The first-order valence-electron chi connectivity index (χ1n) is 8.79. The van der Waals surface area contributed by atoms with Crippen LogP contribution < -0.4 is 10.6 Å². The van der Waals surface area contributed by atoms with Crippen LogP contribution in [0.2, 0.25) is 0 Å². The summed E-state index contributed by atoms with van der Waals surface area (Å²) in [4.78, 5) is 12.7. The second-order valence-corrected chi connectivity index (χ2v) is 6.75. The predicted octanol–water partition coefficient (Wildman–Crippen LogP) is 3.39. The van der Waals surface area contributed by atoms with Gasteiger partial charge in [-0.3, -0.25) is 4.79 Å². The molecule has 128 valence electrons. The third kappa shape index (κ3) is 3.30. The zero-order valence-corrected chi connectivity index (χ0v) is 14.7. The van der Waals surface area contributed by atoms with Gasteiger partial charge in [0.2, 0.25) is 0 Å². The van der Waals surface area contributed by atoms with Crippen molar-refractivity contribution in [3.05, 3.63) is 47.2 Å². The van der Waals surface area contributed by atoms with Crippen molar-refractivity contribution in [2.45, 2.75) is 46.2 Å². The van der Waals surface area contributed by atoms with Crippen molar-refractivity contribution in [1.29, 1.82) is 0 Å². The quantitative estimate of drug-likeness (QED) is 0.855. The molecule has 1 amide bonds. The third-order valence-corrected chi connectivity index (χ3v) is 4.46. The molecule has 0 fully saturated rings. The lowest BCUT2D eigenvalue weighted by atomic mass is 10.1. The maximum Gasteiger partial charge on any atom is 0.256 e. The van der Waals surface area contributed by atoms with Crippen molar-refractivity contribution in [3.8, 4) is 0 Å². The highest BCUT2D eigenvalue weighted by Gasteiger charge is 2.30. The summed E-state index contributed by atoms with van der Waals surface area (Å²) in [6.07, 6.45) is 1.74. The summed E-state index contributed by atoms with van der Waals surface area (Å²) in [7, 11) is 0. The molecule has 5 nitrogen and oxygen atoms in total. The zero-order chi connectivity index (χ0) is 17.1. The van der Waals surface area contributed by atoms with Gasteiger partial charge in [0, 0.05) is 6.54 Å². The average molecular weight is 326 g/mol. The van der Waals surface area contributed by atoms with E-state index in [1.165, 1.54) is 5.56 Å². The molecule has 24 heavy (non-hydrogen) atoms. The number of nitrogens with zero attached hydrogens (tertiary/aromatic N) is 2. The Morgan fingerprint density at radius 3 is 2.79 bits per heavy atom. The summed E-state index contributed by atoms with van der Waals surface area (Å²) in [5.41, 5.74) is 2.79. The van der Waals surface area contributed by atoms with Crippen LogP contribution in [0, 0.1) is 5.92 Å². The molecular formula is C19H26N4O. The standard InChI is InChI=1S/C19H26N4O/c1-4-15-17(19(24)20-11-10-13(2)3)18-21-16(12-23(18)22-15)14-8-6-5-7-9-14/h5-9,13,16,21H,4,10-12H2,1-3H3,(H,20,24)/t16-/m1/s1. The summed E-state index contributed by atoms with van der Waals surface area (Å²) in [6.45, 7) is 7.82. The highest BCUT2D eigenvalue weighted by molar-refractivity contribution is 6.00. The smallest absolute Gasteiger partial charge is 0.256 e. The molecule has 1 aromatic heterocycles. The fraction of sp³-hybridized carbons (Fsp3) is 0.474. The Balaban J connectivity index is 1.78. The number of hydrogen-bond donors (Lipinski definition) is 2. The van der Waals surface area contributed by atoms with E-state index in [9.17, 15) is 4.79 Å². The third-order valence-electron chi connectivity index (χ3n) is 4.46. The van der Waals surface area contributed by atoms with Gasteiger partial charge in [-0.05, 0) is 24.3 Å². The predicted molar refractivity (Wildman–Crippen MR) is 96.2 cm³/mol. The Morgan fingerprint density at radius 2 is 2.12 bits per heavy atom. The largest absolute Gasteiger partial charge is 0.361 e. The molecule has 0 spiro atoms. The summed E-state index contributed by atoms with van der Waals surface area (Å²) in [5, 5.41) is 11.2. The van der Waals surface area contributed by atoms with Crippen molar-refractivity contribution in [3.63, 3.8) is 0 Å². The number of benzene rings is 1. The summed E-state index contributed by atoms with van der Waals surface area (Å²) >= 11 is 0. The van der Waals surface area contributed by atoms with Crippen LogP contribution in [-0.4, -0.2) is 22.2 Å². The summed E-state index contributed by atoms with van der Waals surface area (Å²) in [6, 6.07) is 10.5. The van der Waals surface area contributed by atoms with E-state index in [0.29, 0.717) is 18.0 Å². The zero-order valence-electron chi connectivity index (χ0n) is 14.7. The first-order valence-corrected chi connectivity index (χ1v) is 8.79. The number of hydrogen-bond acceptors (Lipinski definition) is 3. The highest BCUT2D eigenvalue weighted by Crippen LogP contribution is 2.33. The summed E-state index contributed by atoms with van der Waals surface area (Å²) in [5.74, 6) is 1.41. The minimum absolute atomic E-state index is 0.0186. The van der Waals surface area contributed by atoms with Gasteiger partial charge in [0.25, 0.3) is 5.91 Å². The van der Waals surface area contributed by atoms with Crippen LogP contribution in [0.5, 0.6) is 0 Å². The van der Waals surface area contributed by atoms with Crippen LogP contribution in [0.1, 0.15) is 54.8 Å². The minimum Gasteiger partial charge on any atom is -0.361 e. The van der Waals surface area contributed by atoms with E-state index >= 15 is 0 Å². The van der Waals surface area contributed by atoms with E-state index in [0.717, 1.165) is 30.9 Å². The molecule has 1 aromatic carbocycles. The Bertz CT molecular complexity index is 706. The lowest BCUT2D eigenvalue weighted by Gasteiger charge is -2.12. The number of amides is 1. The number of carbonyl (C=O) groups is 1. The first kappa shape index (κ1) is 16.6. The Kier molecular flexibility index (Phi) is 4.88. The molecule has 0 radical (unpaired) electrons. The van der Waals surface area contributed by atoms with E-state index in [-0.39, 0.29) is 11.9 Å². The molecule has 0 saturated heterocycles. The highest BCUT2D eigenvalue weighted by atomic mass is 16.1. The van der Waals surface area contributed by atoms with E-state index in [4.69, 9.17) is 0 Å². The lowest BCUT2D eigenvalue weighted by Crippen LogP contribution is -2.26. The molecule has 3 rings (SSSR count). The van der Waals surface area contributed by atoms with Gasteiger partial charge in [-0.1, -0.05) is 51.1 Å². The number of nitrogens with one attached hydrogen (secondary N) is 2. The molecule has 2 heterocycles. The van der Waals surface area contributed by atoms with Crippen molar-refractivity contribution < 1.29 is 4.79 Å². The fourth-order valence-corrected chi connectivity index (χ4v) is 3.10. The molecule has 1 atom stereocenters. The molecule has 1 aliphatic rings. The number of aryl methyl sites for hydroxylation is 1. The number of carbonyl (C=O) groups excluding carboxylic acids is 1. The van der Waals surface area contributed by atoms with Crippen LogP contribution in [0.3, 0.4) is 0 Å². The average Bonchev–Trinajstić information content (AvgIpc) is 3.12. The minimum atomic E-state index is -0.0186. The van der Waals surface area contributed by atoms with Gasteiger partial charge in [0.05, 0.1) is 18.3 Å². The number of aromatic nitrogens is 2. The van der Waals surface area contributed by atoms with Crippen molar-refractivity contribution in [2.24, 2.45) is 5.92 Å². The molecule has 2 aromatic rings. The lowest BCUT2D eigenvalue weighted by molar-refractivity contribution is 0.0952. The van der Waals surface area contributed by atoms with E-state index in [2.05, 4.69) is 41.7 Å². The van der Waals surface area contributed by atoms with Gasteiger partial charge in [0.15, 0.2) is 0 Å². The number of rotatable bonds is 6. The molecule has 2 N–H and O–H groups in total. The Morgan fingerprint density at radius 1 is 1.38 bits per heavy atom. The van der Waals surface area contributed by atoms with Crippen LogP contribution in [0.15, 0.2) is 30.3 Å². The van der Waals surface area contributed by atoms with E-state index in [1.807, 2.05) is 29.8 Å². The van der Waals surface area contributed by atoms with Crippen LogP contribution >= 0.6 is 0 Å². The first-order chi connectivity index (χ1) is 11.6. The van der Waals surface area contributed by atoms with Crippen LogP contribution in [0.4, 0.5) is 5.82 Å². The van der Waals surface area contributed by atoms with Crippen molar-refractivity contribution >= 4 is 11.7 Å². The van der Waals surface area contributed by atoms with Gasteiger partial charge < -0.3 is 10.6 Å². The molecule has 0 bridgehead atoms. The SMILES string of the molecule is CCc1nn2c(c1C(=O)NCCC(C)C)N[C@@H](c1ccccc1)C2. The topological polar surface area (TPSA) is 59.0 Å². The maximum absolute atomic E-state index is 12.7. The fourth-order valence-electron chi connectivity index (χ4n) is 3.10. The molecule has 5 heteroatoms. The maximum atomic E-state index is 12.7. The molecule has 0 aliphatic carbocycles. The molecule has 0 unspecified atom stereocenters. The number of fused-ring (bicyclic) bond motifs is 1. The molecular weight excluding hydrogens is 300 g/mol. The van der Waals surface area contributed by atoms with Crippen LogP contribution in [-0.2, 0) is 13.0 Å². The Hall–Kier alpha value is -2.30. The summed E-state index contributed by atoms with van der Waals surface area (Å²) < 4.78 is 1.94.